The maximum atomic E-state index is 9.23. The average molecular weight is 225 g/mol. The van der Waals surface area contributed by atoms with Crippen LogP contribution in [-0.2, 0) is 0 Å². The van der Waals surface area contributed by atoms with Crippen molar-refractivity contribution >= 4 is 5.95 Å². The Kier molecular flexibility index (Phi) is 4.98. The molecule has 5 nitrogen and oxygen atoms in total. The molecule has 1 rings (SSSR count). The predicted octanol–water partition coefficient (Wildman–Crippen LogP) is 1.45. The Hall–Kier alpha value is -1.36. The highest BCUT2D eigenvalue weighted by Crippen LogP contribution is 2.10. The fourth-order valence-electron chi connectivity index (χ4n) is 1.43. The van der Waals surface area contributed by atoms with E-state index in [0.29, 0.717) is 24.9 Å². The number of nitrogens with one attached hydrogen (secondary N) is 1. The molecule has 2 atom stereocenters. The van der Waals surface area contributed by atoms with Gasteiger partial charge < -0.3 is 15.2 Å². The zero-order chi connectivity index (χ0) is 12.0. The zero-order valence-electron chi connectivity index (χ0n) is 9.97. The summed E-state index contributed by atoms with van der Waals surface area (Å²) in [6, 6.07) is 1.84. The van der Waals surface area contributed by atoms with Crippen molar-refractivity contribution in [2.75, 3.05) is 11.9 Å². The first-order valence-corrected chi connectivity index (χ1v) is 5.52. The Morgan fingerprint density at radius 2 is 2.25 bits per heavy atom. The topological polar surface area (TPSA) is 67.3 Å². The number of rotatable bonds is 6. The summed E-state index contributed by atoms with van der Waals surface area (Å²) in [4.78, 5) is 8.27. The van der Waals surface area contributed by atoms with Crippen LogP contribution >= 0.6 is 0 Å². The number of hydrogen-bond donors (Lipinski definition) is 2. The monoisotopic (exact) mass is 225 g/mol. The van der Waals surface area contributed by atoms with Crippen molar-refractivity contribution in [2.24, 2.45) is 0 Å². The third kappa shape index (κ3) is 4.44. The van der Waals surface area contributed by atoms with Gasteiger partial charge in [0.05, 0.1) is 12.7 Å². The minimum absolute atomic E-state index is 0.122. The number of aliphatic hydroxyl groups is 1. The van der Waals surface area contributed by atoms with E-state index in [-0.39, 0.29) is 12.1 Å². The lowest BCUT2D eigenvalue weighted by molar-refractivity contribution is 0.179. The van der Waals surface area contributed by atoms with Crippen LogP contribution in [0.2, 0.25) is 0 Å². The number of aromatic nitrogens is 2. The second kappa shape index (κ2) is 6.27. The molecule has 1 aromatic heterocycles. The fourth-order valence-corrected chi connectivity index (χ4v) is 1.43. The van der Waals surface area contributed by atoms with Crippen LogP contribution in [0, 0.1) is 0 Å². The Balaban J connectivity index is 2.55. The molecule has 5 heteroatoms. The molecule has 0 aromatic carbocycles. The first kappa shape index (κ1) is 12.7. The van der Waals surface area contributed by atoms with Crippen molar-refractivity contribution in [3.05, 3.63) is 12.3 Å². The molecule has 1 heterocycles. The molecule has 1 aromatic rings. The third-order valence-electron chi connectivity index (χ3n) is 1.99. The van der Waals surface area contributed by atoms with Crippen molar-refractivity contribution in [1.29, 1.82) is 0 Å². The van der Waals surface area contributed by atoms with Gasteiger partial charge in [-0.1, -0.05) is 0 Å². The van der Waals surface area contributed by atoms with Crippen LogP contribution in [-0.4, -0.2) is 33.8 Å². The molecule has 0 fully saturated rings. The molecule has 16 heavy (non-hydrogen) atoms. The van der Waals surface area contributed by atoms with Crippen LogP contribution in [0.15, 0.2) is 12.3 Å². The second-order valence-corrected chi connectivity index (χ2v) is 3.78. The van der Waals surface area contributed by atoms with Gasteiger partial charge in [-0.05, 0) is 27.2 Å². The van der Waals surface area contributed by atoms with Crippen LogP contribution in [0.3, 0.4) is 0 Å². The van der Waals surface area contributed by atoms with Gasteiger partial charge in [0.2, 0.25) is 11.8 Å². The highest BCUT2D eigenvalue weighted by atomic mass is 16.5. The van der Waals surface area contributed by atoms with E-state index in [1.54, 1.807) is 19.2 Å². The Labute approximate surface area is 95.9 Å². The molecule has 0 saturated heterocycles. The summed E-state index contributed by atoms with van der Waals surface area (Å²) in [7, 11) is 0. The van der Waals surface area contributed by atoms with E-state index < -0.39 is 0 Å². The van der Waals surface area contributed by atoms with Gasteiger partial charge in [0.15, 0.2) is 0 Å². The first-order chi connectivity index (χ1) is 7.61. The van der Waals surface area contributed by atoms with E-state index in [9.17, 15) is 5.11 Å². The van der Waals surface area contributed by atoms with Crippen LogP contribution in [0.25, 0.3) is 0 Å². The molecule has 0 radical (unpaired) electrons. The molecular formula is C11H19N3O2. The molecular weight excluding hydrogens is 206 g/mol. The van der Waals surface area contributed by atoms with Crippen LogP contribution in [0.4, 0.5) is 5.95 Å². The molecule has 90 valence electrons. The number of ether oxygens (including phenoxy) is 1. The van der Waals surface area contributed by atoms with Crippen molar-refractivity contribution in [2.45, 2.75) is 39.3 Å². The molecule has 0 aliphatic heterocycles. The number of hydrogen-bond acceptors (Lipinski definition) is 5. The minimum Gasteiger partial charge on any atom is -0.478 e. The molecule has 0 aliphatic carbocycles. The Morgan fingerprint density at radius 1 is 1.50 bits per heavy atom. The molecule has 0 saturated carbocycles. The first-order valence-electron chi connectivity index (χ1n) is 5.52. The summed E-state index contributed by atoms with van der Waals surface area (Å²) in [5.74, 6) is 1.09. The van der Waals surface area contributed by atoms with Gasteiger partial charge >= 0.3 is 0 Å². The van der Waals surface area contributed by atoms with Crippen molar-refractivity contribution in [1.82, 2.24) is 9.97 Å². The summed E-state index contributed by atoms with van der Waals surface area (Å²) in [6.45, 7) is 6.23. The summed E-state index contributed by atoms with van der Waals surface area (Å²) in [6.07, 6.45) is 1.97. The highest BCUT2D eigenvalue weighted by molar-refractivity contribution is 5.28. The van der Waals surface area contributed by atoms with Crippen LogP contribution < -0.4 is 10.1 Å². The van der Waals surface area contributed by atoms with Crippen molar-refractivity contribution in [3.8, 4) is 5.88 Å². The number of aliphatic hydroxyl groups excluding tert-OH is 1. The van der Waals surface area contributed by atoms with Crippen LogP contribution in [0.5, 0.6) is 5.88 Å². The maximum absolute atomic E-state index is 9.23. The average Bonchev–Trinajstić information content (AvgIpc) is 2.17. The second-order valence-electron chi connectivity index (χ2n) is 3.78. The summed E-state index contributed by atoms with van der Waals surface area (Å²) in [5, 5.41) is 12.3. The van der Waals surface area contributed by atoms with Gasteiger partial charge in [0.25, 0.3) is 0 Å². The third-order valence-corrected chi connectivity index (χ3v) is 1.99. The van der Waals surface area contributed by atoms with Crippen LogP contribution in [0.1, 0.15) is 27.2 Å². The van der Waals surface area contributed by atoms with Gasteiger partial charge in [-0.3, -0.25) is 0 Å². The molecule has 2 N–H and O–H groups in total. The van der Waals surface area contributed by atoms with E-state index in [1.165, 1.54) is 0 Å². The minimum atomic E-state index is -0.336. The smallest absolute Gasteiger partial charge is 0.226 e. The van der Waals surface area contributed by atoms with E-state index in [2.05, 4.69) is 15.3 Å². The van der Waals surface area contributed by atoms with E-state index in [4.69, 9.17) is 4.74 Å². The van der Waals surface area contributed by atoms with Gasteiger partial charge in [-0.2, -0.15) is 4.98 Å². The van der Waals surface area contributed by atoms with Crippen molar-refractivity contribution in [3.63, 3.8) is 0 Å². The lowest BCUT2D eigenvalue weighted by atomic mass is 10.2. The van der Waals surface area contributed by atoms with Gasteiger partial charge in [0.1, 0.15) is 0 Å². The standard InChI is InChI=1S/C11H19N3O2/c1-4-16-10-5-6-12-11(14-10)13-8(2)7-9(3)15/h5-6,8-9,15H,4,7H2,1-3H3,(H,12,13,14). The molecule has 0 amide bonds. The number of anilines is 1. The van der Waals surface area contributed by atoms with E-state index in [1.807, 2.05) is 13.8 Å². The highest BCUT2D eigenvalue weighted by Gasteiger charge is 2.07. The molecule has 0 aliphatic rings. The summed E-state index contributed by atoms with van der Waals surface area (Å²) < 4.78 is 5.27. The van der Waals surface area contributed by atoms with E-state index >= 15 is 0 Å². The normalized spacial score (nSPS) is 14.2. The van der Waals surface area contributed by atoms with Gasteiger partial charge in [0, 0.05) is 18.3 Å². The van der Waals surface area contributed by atoms with Gasteiger partial charge in [-0.15, -0.1) is 0 Å². The fraction of sp³-hybridized carbons (Fsp3) is 0.636. The predicted molar refractivity (Wildman–Crippen MR) is 62.6 cm³/mol. The molecule has 0 bridgehead atoms. The zero-order valence-corrected chi connectivity index (χ0v) is 9.97. The Bertz CT molecular complexity index is 318. The Morgan fingerprint density at radius 3 is 2.88 bits per heavy atom. The van der Waals surface area contributed by atoms with E-state index in [0.717, 1.165) is 0 Å². The number of nitrogens with zero attached hydrogens (tertiary/aromatic N) is 2. The molecule has 0 spiro atoms. The lowest BCUT2D eigenvalue weighted by Gasteiger charge is -2.15. The van der Waals surface area contributed by atoms with Gasteiger partial charge in [-0.25, -0.2) is 4.98 Å². The quantitative estimate of drug-likeness (QED) is 0.767. The summed E-state index contributed by atoms with van der Waals surface area (Å²) in [5.41, 5.74) is 0. The SMILES string of the molecule is CCOc1ccnc(NC(C)CC(C)O)n1. The summed E-state index contributed by atoms with van der Waals surface area (Å²) >= 11 is 0. The van der Waals surface area contributed by atoms with Crippen molar-refractivity contribution < 1.29 is 9.84 Å². The molecule has 2 unspecified atom stereocenters. The largest absolute Gasteiger partial charge is 0.478 e. The lowest BCUT2D eigenvalue weighted by Crippen LogP contribution is -2.21. The maximum Gasteiger partial charge on any atom is 0.226 e.